The number of rotatable bonds is 6. The Labute approximate surface area is 146 Å². The first-order valence-electron chi connectivity index (χ1n) is 7.49. The predicted octanol–water partition coefficient (Wildman–Crippen LogP) is 4.15. The summed E-state index contributed by atoms with van der Waals surface area (Å²) in [5, 5.41) is 4.55. The Bertz CT molecular complexity index is 732. The number of hydrogen-bond donors (Lipinski definition) is 1. The van der Waals surface area contributed by atoms with E-state index < -0.39 is 0 Å². The zero-order chi connectivity index (χ0) is 17.4. The van der Waals surface area contributed by atoms with Crippen molar-refractivity contribution in [1.29, 1.82) is 0 Å². The van der Waals surface area contributed by atoms with E-state index >= 15 is 0 Å². The van der Waals surface area contributed by atoms with E-state index in [0.717, 1.165) is 16.7 Å². The molecule has 0 aliphatic rings. The summed E-state index contributed by atoms with van der Waals surface area (Å²) in [6.07, 6.45) is 5.16. The number of allylic oxidation sites excluding steroid dienone is 1. The van der Waals surface area contributed by atoms with Crippen molar-refractivity contribution in [1.82, 2.24) is 5.43 Å². The maximum atomic E-state index is 11.7. The molecule has 0 aliphatic heterocycles. The molecule has 2 aromatic rings. The standard InChI is InChI=1S/C19H19ClN2O2/c1-14-11-17(12-15(2)19(14)20)24-13-18(23)22-21-10-6-9-16-7-4-3-5-8-16/h3-12H,13H2,1-2H3,(H,22,23)/b9-6+,21-10+. The number of hydrogen-bond acceptors (Lipinski definition) is 3. The molecule has 0 saturated carbocycles. The second-order valence-corrected chi connectivity index (χ2v) is 5.62. The summed E-state index contributed by atoms with van der Waals surface area (Å²) < 4.78 is 5.45. The number of ether oxygens (including phenoxy) is 1. The molecule has 4 nitrogen and oxygen atoms in total. The number of amides is 1. The Morgan fingerprint density at radius 1 is 1.21 bits per heavy atom. The van der Waals surface area contributed by atoms with Crippen molar-refractivity contribution in [2.75, 3.05) is 6.61 Å². The molecule has 0 radical (unpaired) electrons. The summed E-state index contributed by atoms with van der Waals surface area (Å²) >= 11 is 6.09. The first-order chi connectivity index (χ1) is 11.6. The maximum Gasteiger partial charge on any atom is 0.277 e. The zero-order valence-corrected chi connectivity index (χ0v) is 14.4. The Hall–Kier alpha value is -2.59. The molecule has 24 heavy (non-hydrogen) atoms. The largest absolute Gasteiger partial charge is 0.484 e. The quantitative estimate of drug-likeness (QED) is 0.633. The van der Waals surface area contributed by atoms with Gasteiger partial charge < -0.3 is 4.74 Å². The van der Waals surface area contributed by atoms with E-state index in [1.54, 1.807) is 18.2 Å². The number of nitrogens with one attached hydrogen (secondary N) is 1. The van der Waals surface area contributed by atoms with Crippen molar-refractivity contribution in [3.05, 3.63) is 70.3 Å². The van der Waals surface area contributed by atoms with Crippen LogP contribution in [-0.2, 0) is 4.79 Å². The average molecular weight is 343 g/mol. The van der Waals surface area contributed by atoms with E-state index in [4.69, 9.17) is 16.3 Å². The molecule has 0 spiro atoms. The number of benzene rings is 2. The van der Waals surface area contributed by atoms with Crippen molar-refractivity contribution < 1.29 is 9.53 Å². The molecular weight excluding hydrogens is 324 g/mol. The van der Waals surface area contributed by atoms with Gasteiger partial charge in [0.1, 0.15) is 5.75 Å². The molecule has 1 amide bonds. The van der Waals surface area contributed by atoms with Crippen LogP contribution in [0.25, 0.3) is 6.08 Å². The topological polar surface area (TPSA) is 50.7 Å². The predicted molar refractivity (Wildman–Crippen MR) is 98.5 cm³/mol. The molecule has 1 N–H and O–H groups in total. The average Bonchev–Trinajstić information content (AvgIpc) is 2.58. The fourth-order valence-electron chi connectivity index (χ4n) is 2.04. The van der Waals surface area contributed by atoms with Gasteiger partial charge in [0.15, 0.2) is 6.61 Å². The van der Waals surface area contributed by atoms with Crippen molar-refractivity contribution in [2.24, 2.45) is 5.10 Å². The van der Waals surface area contributed by atoms with Crippen LogP contribution < -0.4 is 10.2 Å². The SMILES string of the molecule is Cc1cc(OCC(=O)N/N=C/C=C/c2ccccc2)cc(C)c1Cl. The van der Waals surface area contributed by atoms with Crippen LogP contribution in [0, 0.1) is 13.8 Å². The van der Waals surface area contributed by atoms with Crippen LogP contribution in [0.15, 0.2) is 53.6 Å². The lowest BCUT2D eigenvalue weighted by Gasteiger charge is -2.09. The van der Waals surface area contributed by atoms with Crippen molar-refractivity contribution in [3.8, 4) is 5.75 Å². The molecule has 0 fully saturated rings. The smallest absolute Gasteiger partial charge is 0.277 e. The van der Waals surface area contributed by atoms with E-state index in [0.29, 0.717) is 10.8 Å². The summed E-state index contributed by atoms with van der Waals surface area (Å²) in [5.41, 5.74) is 5.30. The summed E-state index contributed by atoms with van der Waals surface area (Å²) in [4.78, 5) is 11.7. The highest BCUT2D eigenvalue weighted by atomic mass is 35.5. The second kappa shape index (κ2) is 8.89. The Balaban J connectivity index is 1.77. The molecular formula is C19H19ClN2O2. The molecule has 2 rings (SSSR count). The van der Waals surface area contributed by atoms with Gasteiger partial charge in [0.2, 0.25) is 0 Å². The van der Waals surface area contributed by atoms with E-state index in [1.807, 2.05) is 50.3 Å². The van der Waals surface area contributed by atoms with Crippen molar-refractivity contribution in [2.45, 2.75) is 13.8 Å². The minimum atomic E-state index is -0.329. The summed E-state index contributed by atoms with van der Waals surface area (Å²) in [6, 6.07) is 13.4. The highest BCUT2D eigenvalue weighted by molar-refractivity contribution is 6.32. The number of hydrazone groups is 1. The minimum Gasteiger partial charge on any atom is -0.484 e. The highest BCUT2D eigenvalue weighted by Crippen LogP contribution is 2.25. The van der Waals surface area contributed by atoms with Gasteiger partial charge in [0, 0.05) is 11.2 Å². The molecule has 0 saturated heterocycles. The lowest BCUT2D eigenvalue weighted by atomic mass is 10.1. The molecule has 2 aromatic carbocycles. The van der Waals surface area contributed by atoms with Gasteiger partial charge in [-0.25, -0.2) is 5.43 Å². The number of halogens is 1. The molecule has 5 heteroatoms. The maximum absolute atomic E-state index is 11.7. The number of aryl methyl sites for hydroxylation is 2. The van der Waals surface area contributed by atoms with E-state index in [1.165, 1.54) is 6.21 Å². The fraction of sp³-hybridized carbons (Fsp3) is 0.158. The third kappa shape index (κ3) is 5.56. The minimum absolute atomic E-state index is 0.111. The van der Waals surface area contributed by atoms with Gasteiger partial charge in [-0.1, -0.05) is 48.0 Å². The Kier molecular flexibility index (Phi) is 6.58. The van der Waals surface area contributed by atoms with Gasteiger partial charge in [0.05, 0.1) is 0 Å². The first kappa shape index (κ1) is 17.8. The Morgan fingerprint density at radius 3 is 2.54 bits per heavy atom. The van der Waals surface area contributed by atoms with Crippen LogP contribution in [0.1, 0.15) is 16.7 Å². The molecule has 0 aliphatic carbocycles. The molecule has 0 atom stereocenters. The summed E-state index contributed by atoms with van der Waals surface area (Å²) in [5.74, 6) is 0.280. The van der Waals surface area contributed by atoms with Crippen LogP contribution in [0.5, 0.6) is 5.75 Å². The second-order valence-electron chi connectivity index (χ2n) is 5.24. The van der Waals surface area contributed by atoms with Crippen molar-refractivity contribution in [3.63, 3.8) is 0 Å². The first-order valence-corrected chi connectivity index (χ1v) is 7.87. The zero-order valence-electron chi connectivity index (χ0n) is 13.6. The Morgan fingerprint density at radius 2 is 1.88 bits per heavy atom. The van der Waals surface area contributed by atoms with Crippen molar-refractivity contribution >= 4 is 29.8 Å². The summed E-state index contributed by atoms with van der Waals surface area (Å²) in [6.45, 7) is 3.68. The third-order valence-corrected chi connectivity index (χ3v) is 3.81. The number of carbonyl (C=O) groups is 1. The highest BCUT2D eigenvalue weighted by Gasteiger charge is 2.05. The van der Waals surface area contributed by atoms with Gasteiger partial charge in [-0.3, -0.25) is 4.79 Å². The van der Waals surface area contributed by atoms with Gasteiger partial charge in [-0.2, -0.15) is 5.10 Å². The number of nitrogens with zero attached hydrogens (tertiary/aromatic N) is 1. The molecule has 0 aromatic heterocycles. The fourth-order valence-corrected chi connectivity index (χ4v) is 2.15. The third-order valence-electron chi connectivity index (χ3n) is 3.22. The van der Waals surface area contributed by atoms with Gasteiger partial charge in [0.25, 0.3) is 5.91 Å². The van der Waals surface area contributed by atoms with Crippen LogP contribution in [0.4, 0.5) is 0 Å². The van der Waals surface area contributed by atoms with Gasteiger partial charge in [-0.15, -0.1) is 0 Å². The van der Waals surface area contributed by atoms with Crippen LogP contribution >= 0.6 is 11.6 Å². The van der Waals surface area contributed by atoms with Gasteiger partial charge in [-0.05, 0) is 48.7 Å². The lowest BCUT2D eigenvalue weighted by molar-refractivity contribution is -0.123. The van der Waals surface area contributed by atoms with E-state index in [9.17, 15) is 4.79 Å². The van der Waals surface area contributed by atoms with E-state index in [-0.39, 0.29) is 12.5 Å². The molecule has 0 unspecified atom stereocenters. The number of carbonyl (C=O) groups excluding carboxylic acids is 1. The van der Waals surface area contributed by atoms with Crippen LogP contribution in [-0.4, -0.2) is 18.7 Å². The molecule has 0 bridgehead atoms. The monoisotopic (exact) mass is 342 g/mol. The molecule has 124 valence electrons. The summed E-state index contributed by atoms with van der Waals surface area (Å²) in [7, 11) is 0. The molecule has 0 heterocycles. The van der Waals surface area contributed by atoms with Crippen LogP contribution in [0.3, 0.4) is 0 Å². The van der Waals surface area contributed by atoms with E-state index in [2.05, 4.69) is 10.5 Å². The normalized spacial score (nSPS) is 11.1. The lowest BCUT2D eigenvalue weighted by Crippen LogP contribution is -2.24. The van der Waals surface area contributed by atoms with Crippen LogP contribution in [0.2, 0.25) is 5.02 Å². The van der Waals surface area contributed by atoms with Gasteiger partial charge >= 0.3 is 0 Å².